The van der Waals surface area contributed by atoms with Gasteiger partial charge in [0, 0.05) is 45.2 Å². The Kier molecular flexibility index (Phi) is 5.78. The summed E-state index contributed by atoms with van der Waals surface area (Å²) in [6, 6.07) is 6.01. The Labute approximate surface area is 181 Å². The van der Waals surface area contributed by atoms with E-state index in [1.165, 1.54) is 6.42 Å². The molecular weight excluding hydrogens is 402 g/mol. The predicted octanol–water partition coefficient (Wildman–Crippen LogP) is 1.98. The highest BCUT2D eigenvalue weighted by Crippen LogP contribution is 2.42. The number of hydrogen-bond acceptors (Lipinski definition) is 6. The number of benzene rings is 1. The second-order valence-electron chi connectivity index (χ2n) is 8.45. The summed E-state index contributed by atoms with van der Waals surface area (Å²) in [6.45, 7) is 6.10. The molecular formula is C22H29N3O4S. The van der Waals surface area contributed by atoms with Gasteiger partial charge in [-0.15, -0.1) is 11.8 Å². The van der Waals surface area contributed by atoms with Crippen LogP contribution in [0.2, 0.25) is 0 Å². The second-order valence-corrected chi connectivity index (χ2v) is 9.52. The molecule has 1 aromatic carbocycles. The molecule has 0 radical (unpaired) electrons. The number of thioether (sulfide) groups is 1. The zero-order valence-corrected chi connectivity index (χ0v) is 18.1. The maximum Gasteiger partial charge on any atom is 0.233 e. The van der Waals surface area contributed by atoms with Crippen LogP contribution in [0.4, 0.5) is 0 Å². The van der Waals surface area contributed by atoms with Crippen molar-refractivity contribution >= 4 is 23.6 Å². The molecule has 8 heteroatoms. The number of hydrogen-bond donors (Lipinski definition) is 0. The number of nitrogens with zero attached hydrogens (tertiary/aromatic N) is 3. The van der Waals surface area contributed by atoms with Gasteiger partial charge in [-0.2, -0.15) is 0 Å². The fourth-order valence-electron chi connectivity index (χ4n) is 4.54. The molecule has 0 aromatic heterocycles. The summed E-state index contributed by atoms with van der Waals surface area (Å²) < 4.78 is 11.3. The number of rotatable bonds is 5. The molecule has 0 N–H and O–H groups in total. The second kappa shape index (κ2) is 8.67. The fourth-order valence-corrected chi connectivity index (χ4v) is 5.75. The number of carbonyl (C=O) groups is 2. The molecule has 30 heavy (non-hydrogen) atoms. The van der Waals surface area contributed by atoms with Crippen LogP contribution >= 0.6 is 11.8 Å². The first-order chi connectivity index (χ1) is 14.7. The van der Waals surface area contributed by atoms with Gasteiger partial charge in [0.05, 0.1) is 5.75 Å². The van der Waals surface area contributed by atoms with Crippen molar-refractivity contribution in [2.75, 3.05) is 58.2 Å². The van der Waals surface area contributed by atoms with Gasteiger partial charge in [-0.3, -0.25) is 14.5 Å². The number of ether oxygens (including phenoxy) is 2. The van der Waals surface area contributed by atoms with Gasteiger partial charge in [0.25, 0.3) is 0 Å². The van der Waals surface area contributed by atoms with Crippen molar-refractivity contribution in [3.05, 3.63) is 23.8 Å². The van der Waals surface area contributed by atoms with E-state index in [1.807, 2.05) is 28.0 Å². The number of amides is 2. The monoisotopic (exact) mass is 431 g/mol. The molecule has 0 spiro atoms. The van der Waals surface area contributed by atoms with Crippen molar-refractivity contribution in [1.29, 1.82) is 0 Å². The minimum atomic E-state index is 0.0230. The van der Waals surface area contributed by atoms with Crippen LogP contribution in [0.1, 0.15) is 30.2 Å². The molecule has 1 atom stereocenters. The summed E-state index contributed by atoms with van der Waals surface area (Å²) in [6.07, 6.45) is 3.33. The lowest BCUT2D eigenvalue weighted by molar-refractivity contribution is -0.139. The number of fused-ring (bicyclic) bond motifs is 1. The van der Waals surface area contributed by atoms with Gasteiger partial charge in [0.2, 0.25) is 11.8 Å². The van der Waals surface area contributed by atoms with E-state index in [1.54, 1.807) is 11.8 Å². The van der Waals surface area contributed by atoms with Crippen LogP contribution < -0.4 is 9.47 Å². The van der Waals surface area contributed by atoms with E-state index in [4.69, 9.17) is 9.47 Å². The van der Waals surface area contributed by atoms with Crippen LogP contribution in [0.25, 0.3) is 0 Å². The highest BCUT2D eigenvalue weighted by atomic mass is 32.2. The molecule has 1 aromatic rings. The Morgan fingerprint density at radius 2 is 1.80 bits per heavy atom. The standard InChI is InChI=1S/C22H29N3O4S/c26-20-15-30-22(17-4-5-18-19(14-17)29-13-12-28-18)25(20)11-8-23-6-9-24(10-7-23)21(27)16-2-1-3-16/h4-5,14,16,22H,1-3,6-13,15H2. The summed E-state index contributed by atoms with van der Waals surface area (Å²) >= 11 is 1.67. The van der Waals surface area contributed by atoms with Crippen molar-refractivity contribution in [2.45, 2.75) is 24.6 Å². The van der Waals surface area contributed by atoms with Crippen LogP contribution in [-0.4, -0.2) is 84.7 Å². The van der Waals surface area contributed by atoms with Crippen LogP contribution in [-0.2, 0) is 9.59 Å². The molecule has 1 saturated carbocycles. The van der Waals surface area contributed by atoms with E-state index < -0.39 is 0 Å². The Morgan fingerprint density at radius 1 is 1.03 bits per heavy atom. The third-order valence-corrected chi connectivity index (χ3v) is 7.87. The summed E-state index contributed by atoms with van der Waals surface area (Å²) in [4.78, 5) is 31.4. The van der Waals surface area contributed by atoms with E-state index in [0.717, 1.165) is 62.6 Å². The van der Waals surface area contributed by atoms with Gasteiger partial charge in [-0.25, -0.2) is 0 Å². The topological polar surface area (TPSA) is 62.3 Å². The first-order valence-electron chi connectivity index (χ1n) is 11.0. The summed E-state index contributed by atoms with van der Waals surface area (Å²) in [5.74, 6) is 2.89. The SMILES string of the molecule is O=C(C1CCC1)N1CCN(CCN2C(=O)CSC2c2ccc3c(c2)OCCO3)CC1. The lowest BCUT2D eigenvalue weighted by Crippen LogP contribution is -2.52. The van der Waals surface area contributed by atoms with Gasteiger partial charge >= 0.3 is 0 Å². The van der Waals surface area contributed by atoms with Crippen LogP contribution in [0, 0.1) is 5.92 Å². The average Bonchev–Trinajstić information content (AvgIpc) is 3.11. The van der Waals surface area contributed by atoms with E-state index in [9.17, 15) is 9.59 Å². The van der Waals surface area contributed by atoms with Crippen LogP contribution in [0.5, 0.6) is 11.5 Å². The summed E-state index contributed by atoms with van der Waals surface area (Å²) in [5.41, 5.74) is 1.09. The van der Waals surface area contributed by atoms with E-state index in [0.29, 0.717) is 31.4 Å². The minimum Gasteiger partial charge on any atom is -0.486 e. The smallest absolute Gasteiger partial charge is 0.233 e. The molecule has 5 rings (SSSR count). The zero-order valence-electron chi connectivity index (χ0n) is 17.3. The molecule has 162 valence electrons. The minimum absolute atomic E-state index is 0.0230. The lowest BCUT2D eigenvalue weighted by Gasteiger charge is -2.39. The maximum absolute atomic E-state index is 12.6. The van der Waals surface area contributed by atoms with Gasteiger partial charge in [-0.1, -0.05) is 12.5 Å². The van der Waals surface area contributed by atoms with Gasteiger partial charge in [0.15, 0.2) is 11.5 Å². The lowest BCUT2D eigenvalue weighted by atomic mass is 9.84. The molecule has 3 aliphatic heterocycles. The molecule has 0 bridgehead atoms. The quantitative estimate of drug-likeness (QED) is 0.711. The zero-order chi connectivity index (χ0) is 20.5. The third kappa shape index (κ3) is 3.99. The Bertz CT molecular complexity index is 808. The van der Waals surface area contributed by atoms with E-state index >= 15 is 0 Å². The van der Waals surface area contributed by atoms with Crippen molar-refractivity contribution in [3.63, 3.8) is 0 Å². The molecule has 4 aliphatic rings. The molecule has 1 unspecified atom stereocenters. The Balaban J connectivity index is 1.16. The third-order valence-electron chi connectivity index (χ3n) is 6.61. The highest BCUT2D eigenvalue weighted by molar-refractivity contribution is 8.00. The molecule has 2 amide bonds. The molecule has 1 aliphatic carbocycles. The number of piperazine rings is 1. The van der Waals surface area contributed by atoms with Gasteiger partial charge in [0.1, 0.15) is 18.6 Å². The molecule has 2 saturated heterocycles. The van der Waals surface area contributed by atoms with Crippen molar-refractivity contribution in [1.82, 2.24) is 14.7 Å². The predicted molar refractivity (Wildman–Crippen MR) is 115 cm³/mol. The van der Waals surface area contributed by atoms with Crippen LogP contribution in [0.3, 0.4) is 0 Å². The number of carbonyl (C=O) groups excluding carboxylic acids is 2. The first-order valence-corrected chi connectivity index (χ1v) is 12.1. The Hall–Kier alpha value is -1.93. The fraction of sp³-hybridized carbons (Fsp3) is 0.636. The van der Waals surface area contributed by atoms with E-state index in [2.05, 4.69) is 4.90 Å². The molecule has 7 nitrogen and oxygen atoms in total. The van der Waals surface area contributed by atoms with Gasteiger partial charge < -0.3 is 19.3 Å². The molecule has 3 heterocycles. The van der Waals surface area contributed by atoms with Gasteiger partial charge in [-0.05, 0) is 30.5 Å². The summed E-state index contributed by atoms with van der Waals surface area (Å²) in [5, 5.41) is 0.0230. The molecule has 3 fully saturated rings. The van der Waals surface area contributed by atoms with E-state index in [-0.39, 0.29) is 17.2 Å². The first kappa shape index (κ1) is 20.0. The normalized spacial score (nSPS) is 24.8. The largest absolute Gasteiger partial charge is 0.486 e. The van der Waals surface area contributed by atoms with Crippen molar-refractivity contribution in [2.24, 2.45) is 5.92 Å². The maximum atomic E-state index is 12.6. The van der Waals surface area contributed by atoms with Crippen molar-refractivity contribution < 1.29 is 19.1 Å². The van der Waals surface area contributed by atoms with Crippen LogP contribution in [0.15, 0.2) is 18.2 Å². The highest BCUT2D eigenvalue weighted by Gasteiger charge is 2.35. The average molecular weight is 432 g/mol. The Morgan fingerprint density at radius 3 is 2.53 bits per heavy atom. The summed E-state index contributed by atoms with van der Waals surface area (Å²) in [7, 11) is 0. The van der Waals surface area contributed by atoms with Crippen molar-refractivity contribution in [3.8, 4) is 11.5 Å².